The van der Waals surface area contributed by atoms with Gasteiger partial charge in [0.15, 0.2) is 6.10 Å². The average molecular weight is 373 g/mol. The molecule has 1 N–H and O–H groups in total. The molecule has 0 radical (unpaired) electrons. The molecule has 4 nitrogen and oxygen atoms in total. The predicted molar refractivity (Wildman–Crippen MR) is 106 cm³/mol. The number of hydrogen-bond acceptors (Lipinski definition) is 4. The normalized spacial score (nSPS) is 13.3. The summed E-state index contributed by atoms with van der Waals surface area (Å²) in [5.74, 6) is -0.629. The molecular formula is C21H28O4Si. The van der Waals surface area contributed by atoms with E-state index in [9.17, 15) is 9.90 Å². The predicted octanol–water partition coefficient (Wildman–Crippen LogP) is 2.49. The van der Waals surface area contributed by atoms with E-state index in [1.165, 1.54) is 17.5 Å². The molecule has 5 heteroatoms. The molecule has 0 saturated carbocycles. The van der Waals surface area contributed by atoms with E-state index in [1.807, 2.05) is 36.4 Å². The Bertz CT molecular complexity index is 655. The van der Waals surface area contributed by atoms with Gasteiger partial charge in [0.05, 0.1) is 7.11 Å². The van der Waals surface area contributed by atoms with Gasteiger partial charge in [-0.25, -0.2) is 4.79 Å². The molecule has 26 heavy (non-hydrogen) atoms. The molecule has 2 aromatic carbocycles. The molecule has 0 fully saturated rings. The summed E-state index contributed by atoms with van der Waals surface area (Å²) in [7, 11) is -1.35. The molecule has 0 heterocycles. The Morgan fingerprint density at radius 3 is 1.85 bits per heavy atom. The largest absolute Gasteiger partial charge is 0.467 e. The van der Waals surface area contributed by atoms with Crippen molar-refractivity contribution in [3.05, 3.63) is 60.7 Å². The minimum Gasteiger partial charge on any atom is -0.467 e. The summed E-state index contributed by atoms with van der Waals surface area (Å²) in [5, 5.41) is 12.1. The number of hydrogen-bond donors (Lipinski definition) is 1. The van der Waals surface area contributed by atoms with Gasteiger partial charge in [-0.15, -0.1) is 0 Å². The highest BCUT2D eigenvalue weighted by molar-refractivity contribution is 6.99. The SMILES string of the molecule is COC(=O)C(O)CCO[Si](c1ccccc1)(c1ccccc1)C(C)(C)C. The maximum Gasteiger partial charge on any atom is 0.334 e. The van der Waals surface area contributed by atoms with Crippen LogP contribution in [0.4, 0.5) is 0 Å². The van der Waals surface area contributed by atoms with Gasteiger partial charge in [-0.3, -0.25) is 0 Å². The first-order valence-electron chi connectivity index (χ1n) is 8.84. The standard InChI is InChI=1S/C21H28O4Si/c1-21(2,3)26(17-11-7-5-8-12-17,18-13-9-6-10-14-18)25-16-15-19(22)20(23)24-4/h5-14,19,22H,15-16H2,1-4H3. The zero-order chi connectivity index (χ0) is 19.2. The van der Waals surface area contributed by atoms with Crippen LogP contribution in [0, 0.1) is 0 Å². The number of ether oxygens (including phenoxy) is 1. The summed E-state index contributed by atoms with van der Waals surface area (Å²) in [6, 6.07) is 20.5. The van der Waals surface area contributed by atoms with Crippen molar-refractivity contribution in [2.75, 3.05) is 13.7 Å². The molecule has 0 aliphatic carbocycles. The quantitative estimate of drug-likeness (QED) is 0.599. The van der Waals surface area contributed by atoms with Gasteiger partial charge < -0.3 is 14.3 Å². The van der Waals surface area contributed by atoms with Crippen molar-refractivity contribution in [1.82, 2.24) is 0 Å². The Kier molecular flexibility index (Phi) is 6.75. The van der Waals surface area contributed by atoms with Gasteiger partial charge in [0.1, 0.15) is 0 Å². The van der Waals surface area contributed by atoms with Crippen LogP contribution in [0.15, 0.2) is 60.7 Å². The molecule has 2 aromatic rings. The first-order valence-corrected chi connectivity index (χ1v) is 10.7. The lowest BCUT2D eigenvalue weighted by atomic mass is 10.2. The van der Waals surface area contributed by atoms with E-state index in [2.05, 4.69) is 49.8 Å². The van der Waals surface area contributed by atoms with Crippen molar-refractivity contribution in [1.29, 1.82) is 0 Å². The number of carbonyl (C=O) groups excluding carboxylic acids is 1. The first-order chi connectivity index (χ1) is 12.3. The lowest BCUT2D eigenvalue weighted by molar-refractivity contribution is -0.151. The van der Waals surface area contributed by atoms with Crippen molar-refractivity contribution in [2.24, 2.45) is 0 Å². The Hall–Kier alpha value is -1.95. The van der Waals surface area contributed by atoms with Crippen LogP contribution in [0.1, 0.15) is 27.2 Å². The maximum absolute atomic E-state index is 11.5. The highest BCUT2D eigenvalue weighted by atomic mass is 28.4. The third kappa shape index (κ3) is 4.23. The Morgan fingerprint density at radius 1 is 1.00 bits per heavy atom. The molecule has 0 aromatic heterocycles. The van der Waals surface area contributed by atoms with Gasteiger partial charge >= 0.3 is 5.97 Å². The summed E-state index contributed by atoms with van der Waals surface area (Å²) in [5.41, 5.74) is 0. The van der Waals surface area contributed by atoms with E-state index in [1.54, 1.807) is 0 Å². The second-order valence-corrected chi connectivity index (χ2v) is 11.6. The van der Waals surface area contributed by atoms with Crippen LogP contribution >= 0.6 is 0 Å². The molecular weight excluding hydrogens is 344 g/mol. The second-order valence-electron chi connectivity index (χ2n) is 7.34. The third-order valence-electron chi connectivity index (χ3n) is 4.60. The Morgan fingerprint density at radius 2 is 1.46 bits per heavy atom. The Labute approximate surface area is 156 Å². The molecule has 140 valence electrons. The number of rotatable bonds is 7. The summed E-state index contributed by atoms with van der Waals surface area (Å²) in [6.07, 6.45) is -0.963. The lowest BCUT2D eigenvalue weighted by Gasteiger charge is -2.43. The van der Waals surface area contributed by atoms with Crippen molar-refractivity contribution in [3.63, 3.8) is 0 Å². The minimum atomic E-state index is -2.62. The smallest absolute Gasteiger partial charge is 0.334 e. The number of carbonyl (C=O) groups is 1. The highest BCUT2D eigenvalue weighted by Gasteiger charge is 2.50. The summed E-state index contributed by atoms with van der Waals surface area (Å²) in [4.78, 5) is 11.5. The maximum atomic E-state index is 11.5. The van der Waals surface area contributed by atoms with E-state index in [4.69, 9.17) is 4.43 Å². The van der Waals surface area contributed by atoms with Crippen molar-refractivity contribution >= 4 is 24.7 Å². The number of methoxy groups -OCH3 is 1. The second kappa shape index (κ2) is 8.62. The lowest BCUT2D eigenvalue weighted by Crippen LogP contribution is -2.66. The van der Waals surface area contributed by atoms with E-state index >= 15 is 0 Å². The fourth-order valence-electron chi connectivity index (χ4n) is 3.34. The average Bonchev–Trinajstić information content (AvgIpc) is 2.64. The minimum absolute atomic E-state index is 0.133. The monoisotopic (exact) mass is 372 g/mol. The van der Waals surface area contributed by atoms with Gasteiger partial charge in [-0.1, -0.05) is 81.4 Å². The van der Waals surface area contributed by atoms with Crippen LogP contribution in [0.5, 0.6) is 0 Å². The third-order valence-corrected chi connectivity index (χ3v) is 9.64. The van der Waals surface area contributed by atoms with Crippen LogP contribution in [0.3, 0.4) is 0 Å². The molecule has 0 amide bonds. The number of aliphatic hydroxyl groups is 1. The van der Waals surface area contributed by atoms with Gasteiger partial charge in [0.25, 0.3) is 8.32 Å². The van der Waals surface area contributed by atoms with Gasteiger partial charge in [0.2, 0.25) is 0 Å². The fourth-order valence-corrected chi connectivity index (χ4v) is 7.92. The van der Waals surface area contributed by atoms with E-state index in [0.717, 1.165) is 0 Å². The van der Waals surface area contributed by atoms with Crippen molar-refractivity contribution < 1.29 is 19.1 Å². The molecule has 0 aliphatic rings. The zero-order valence-electron chi connectivity index (χ0n) is 15.9. The highest BCUT2D eigenvalue weighted by Crippen LogP contribution is 2.36. The van der Waals surface area contributed by atoms with Crippen LogP contribution in [-0.4, -0.2) is 39.2 Å². The van der Waals surface area contributed by atoms with E-state index < -0.39 is 20.4 Å². The van der Waals surface area contributed by atoms with Gasteiger partial charge in [-0.2, -0.15) is 0 Å². The van der Waals surface area contributed by atoms with Gasteiger partial charge in [-0.05, 0) is 15.4 Å². The molecule has 0 spiro atoms. The number of aliphatic hydroxyl groups excluding tert-OH is 1. The zero-order valence-corrected chi connectivity index (χ0v) is 16.9. The van der Waals surface area contributed by atoms with Gasteiger partial charge in [0, 0.05) is 13.0 Å². The van der Waals surface area contributed by atoms with Crippen LogP contribution < -0.4 is 10.4 Å². The topological polar surface area (TPSA) is 55.8 Å². The molecule has 0 bridgehead atoms. The molecule has 2 rings (SSSR count). The van der Waals surface area contributed by atoms with Crippen molar-refractivity contribution in [3.8, 4) is 0 Å². The molecule has 1 atom stereocenters. The summed E-state index contributed by atoms with van der Waals surface area (Å²) < 4.78 is 11.2. The van der Waals surface area contributed by atoms with Crippen LogP contribution in [-0.2, 0) is 14.0 Å². The van der Waals surface area contributed by atoms with Crippen molar-refractivity contribution in [2.45, 2.75) is 38.3 Å². The van der Waals surface area contributed by atoms with Crippen LogP contribution in [0.25, 0.3) is 0 Å². The Balaban J connectivity index is 2.42. The summed E-state index contributed by atoms with van der Waals surface area (Å²) >= 11 is 0. The van der Waals surface area contributed by atoms with Crippen LogP contribution in [0.2, 0.25) is 5.04 Å². The first kappa shape index (κ1) is 20.4. The summed E-state index contributed by atoms with van der Waals surface area (Å²) in [6.45, 7) is 6.85. The molecule has 0 aliphatic heterocycles. The number of benzene rings is 2. The molecule has 1 unspecified atom stereocenters. The van der Waals surface area contributed by atoms with E-state index in [-0.39, 0.29) is 18.1 Å². The fraction of sp³-hybridized carbons (Fsp3) is 0.381. The van der Waals surface area contributed by atoms with E-state index in [0.29, 0.717) is 0 Å². The number of esters is 1. The molecule has 0 saturated heterocycles.